The van der Waals surface area contributed by atoms with Crippen molar-refractivity contribution in [3.63, 3.8) is 0 Å². The summed E-state index contributed by atoms with van der Waals surface area (Å²) in [6.07, 6.45) is 8.10. The molecule has 0 N–H and O–H groups in total. The van der Waals surface area contributed by atoms with Gasteiger partial charge in [-0.3, -0.25) is 14.7 Å². The van der Waals surface area contributed by atoms with Gasteiger partial charge < -0.3 is 24.3 Å². The molecule has 0 unspecified atom stereocenters. The molecule has 2 aliphatic heterocycles. The first-order chi connectivity index (χ1) is 19.8. The van der Waals surface area contributed by atoms with E-state index in [0.29, 0.717) is 30.2 Å². The van der Waals surface area contributed by atoms with Crippen LogP contribution in [0.2, 0.25) is 5.02 Å². The normalized spacial score (nSPS) is 16.7. The molecule has 3 aromatic heterocycles. The molecule has 10 nitrogen and oxygen atoms in total. The number of hydrogen-bond donors (Lipinski definition) is 0. The van der Waals surface area contributed by atoms with Crippen molar-refractivity contribution in [1.29, 1.82) is 0 Å². The van der Waals surface area contributed by atoms with E-state index in [9.17, 15) is 23.7 Å². The third kappa shape index (κ3) is 5.20. The van der Waals surface area contributed by atoms with Gasteiger partial charge in [-0.05, 0) is 46.5 Å². The molecule has 1 aromatic carbocycles. The Hall–Kier alpha value is -4.16. The Bertz CT molecular complexity index is 1700. The van der Waals surface area contributed by atoms with E-state index < -0.39 is 16.6 Å². The van der Waals surface area contributed by atoms with Gasteiger partial charge in [0.1, 0.15) is 6.61 Å². The second kappa shape index (κ2) is 11.0. The molecular weight excluding hydrogens is 558 g/mol. The number of rotatable bonds is 7. The number of nitro groups is 1. The lowest BCUT2D eigenvalue weighted by Crippen LogP contribution is -2.48. The molecule has 1 atom stereocenters. The Balaban J connectivity index is 1.36. The number of aromatic nitrogens is 3. The van der Waals surface area contributed by atoms with Gasteiger partial charge in [-0.2, -0.15) is 4.39 Å². The lowest BCUT2D eigenvalue weighted by atomic mass is 10.0. The Morgan fingerprint density at radius 3 is 2.76 bits per heavy atom. The van der Waals surface area contributed by atoms with Gasteiger partial charge in [-0.25, -0.2) is 4.39 Å². The highest BCUT2D eigenvalue weighted by atomic mass is 35.5. The first-order valence-corrected chi connectivity index (χ1v) is 13.5. The van der Waals surface area contributed by atoms with Crippen LogP contribution in [0, 0.1) is 21.7 Å². The van der Waals surface area contributed by atoms with Crippen molar-refractivity contribution in [2.45, 2.75) is 38.5 Å². The van der Waals surface area contributed by atoms with E-state index in [1.807, 2.05) is 6.07 Å². The molecule has 13 heteroatoms. The highest BCUT2D eigenvalue weighted by Gasteiger charge is 2.29. The highest BCUT2D eigenvalue weighted by molar-refractivity contribution is 6.31. The predicted octanol–water partition coefficient (Wildman–Crippen LogP) is 4.69. The fourth-order valence-corrected chi connectivity index (χ4v) is 5.83. The summed E-state index contributed by atoms with van der Waals surface area (Å²) in [7, 11) is 0. The topological polar surface area (TPSA) is 107 Å². The molecule has 2 aliphatic rings. The molecule has 0 bridgehead atoms. The lowest BCUT2D eigenvalue weighted by Gasteiger charge is -2.40. The van der Waals surface area contributed by atoms with E-state index in [1.54, 1.807) is 29.2 Å². The van der Waals surface area contributed by atoms with Crippen LogP contribution in [0.15, 0.2) is 53.8 Å². The monoisotopic (exact) mass is 582 g/mol. The van der Waals surface area contributed by atoms with E-state index in [4.69, 9.17) is 16.3 Å². The number of benzene rings is 1. The van der Waals surface area contributed by atoms with Gasteiger partial charge in [0.05, 0.1) is 28.2 Å². The van der Waals surface area contributed by atoms with Crippen LogP contribution in [0.5, 0.6) is 5.75 Å². The molecule has 0 aliphatic carbocycles. The van der Waals surface area contributed by atoms with Crippen LogP contribution in [0.1, 0.15) is 24.0 Å². The standard InChI is InChI=1S/C28H25ClF2N6O4/c29-22-12-32-6-5-17(22)13-36(20-2-1-7-34(16-20)19-3-4-24(33-11-19)37(39)40)15-18-14-35-8-9-41-28-25(31)23(30)10-21(26(28)35)27(18)38/h3-6,10-12,14,20H,1-2,7-9,13,15-16H2/t20-/m0/s1. The SMILES string of the molecule is O=c1c(CN(Cc2ccncc2Cl)[C@H]2CCCN(c3ccc([N+](=O)[O-])nc3)C2)cn2c3c(c(F)c(F)cc13)OCC2. The van der Waals surface area contributed by atoms with E-state index in [-0.39, 0.29) is 47.1 Å². The van der Waals surface area contributed by atoms with Crippen LogP contribution in [-0.4, -0.2) is 50.1 Å². The maximum absolute atomic E-state index is 14.5. The van der Waals surface area contributed by atoms with Gasteiger partial charge in [0.25, 0.3) is 0 Å². The second-order valence-electron chi connectivity index (χ2n) is 10.2. The molecule has 212 valence electrons. The van der Waals surface area contributed by atoms with Gasteiger partial charge in [0.15, 0.2) is 23.2 Å². The Morgan fingerprint density at radius 1 is 1.17 bits per heavy atom. The molecule has 1 saturated heterocycles. The maximum atomic E-state index is 14.5. The zero-order chi connectivity index (χ0) is 28.7. The minimum Gasteiger partial charge on any atom is -0.486 e. The van der Waals surface area contributed by atoms with Crippen LogP contribution in [0.4, 0.5) is 20.3 Å². The number of hydrogen-bond acceptors (Lipinski definition) is 8. The summed E-state index contributed by atoms with van der Waals surface area (Å²) in [6, 6.07) is 5.82. The Morgan fingerprint density at radius 2 is 2.00 bits per heavy atom. The first kappa shape index (κ1) is 27.0. The molecule has 0 radical (unpaired) electrons. The minimum atomic E-state index is -1.13. The zero-order valence-corrected chi connectivity index (χ0v) is 22.6. The van der Waals surface area contributed by atoms with Crippen LogP contribution in [-0.2, 0) is 19.6 Å². The molecule has 5 heterocycles. The number of halogens is 3. The summed E-state index contributed by atoms with van der Waals surface area (Å²) in [4.78, 5) is 36.5. The van der Waals surface area contributed by atoms with Crippen molar-refractivity contribution in [3.05, 3.63) is 97.2 Å². The summed E-state index contributed by atoms with van der Waals surface area (Å²) in [6.45, 7) is 2.53. The Labute approximate surface area is 237 Å². The van der Waals surface area contributed by atoms with Crippen molar-refractivity contribution in [2.24, 2.45) is 0 Å². The molecule has 1 fully saturated rings. The third-order valence-electron chi connectivity index (χ3n) is 7.66. The van der Waals surface area contributed by atoms with E-state index in [0.717, 1.165) is 36.7 Å². The first-order valence-electron chi connectivity index (χ1n) is 13.1. The van der Waals surface area contributed by atoms with Gasteiger partial charge in [0, 0.05) is 62.4 Å². The molecule has 0 spiro atoms. The van der Waals surface area contributed by atoms with Gasteiger partial charge in [-0.1, -0.05) is 11.6 Å². The summed E-state index contributed by atoms with van der Waals surface area (Å²) in [5.74, 6) is -2.69. The lowest BCUT2D eigenvalue weighted by molar-refractivity contribution is -0.389. The van der Waals surface area contributed by atoms with Crippen LogP contribution < -0.4 is 15.1 Å². The van der Waals surface area contributed by atoms with Gasteiger partial charge in [0.2, 0.25) is 5.82 Å². The molecule has 0 saturated carbocycles. The van der Waals surface area contributed by atoms with E-state index in [2.05, 4.69) is 19.8 Å². The number of nitrogens with zero attached hydrogens (tertiary/aromatic N) is 6. The van der Waals surface area contributed by atoms with Crippen molar-refractivity contribution >= 4 is 34.0 Å². The molecule has 4 aromatic rings. The zero-order valence-electron chi connectivity index (χ0n) is 21.8. The summed E-state index contributed by atoms with van der Waals surface area (Å²) in [5, 5.41) is 11.6. The number of pyridine rings is 3. The summed E-state index contributed by atoms with van der Waals surface area (Å²) >= 11 is 6.47. The van der Waals surface area contributed by atoms with Crippen molar-refractivity contribution < 1.29 is 18.4 Å². The van der Waals surface area contributed by atoms with Crippen molar-refractivity contribution in [1.82, 2.24) is 19.4 Å². The highest BCUT2D eigenvalue weighted by Crippen LogP contribution is 2.33. The summed E-state index contributed by atoms with van der Waals surface area (Å²) < 4.78 is 36.0. The average Bonchev–Trinajstić information content (AvgIpc) is 2.98. The fraction of sp³-hybridized carbons (Fsp3) is 0.321. The van der Waals surface area contributed by atoms with Crippen molar-refractivity contribution in [3.8, 4) is 5.75 Å². The van der Waals surface area contributed by atoms with Crippen LogP contribution in [0.25, 0.3) is 10.9 Å². The molecule has 0 amide bonds. The average molecular weight is 583 g/mol. The molecule has 6 rings (SSSR count). The van der Waals surface area contributed by atoms with E-state index >= 15 is 0 Å². The number of ether oxygens (including phenoxy) is 1. The molecular formula is C28H25ClF2N6O4. The second-order valence-corrected chi connectivity index (χ2v) is 10.6. The number of piperidine rings is 1. The third-order valence-corrected chi connectivity index (χ3v) is 8.01. The maximum Gasteiger partial charge on any atom is 0.363 e. The van der Waals surface area contributed by atoms with Crippen molar-refractivity contribution in [2.75, 3.05) is 24.6 Å². The largest absolute Gasteiger partial charge is 0.486 e. The quantitative estimate of drug-likeness (QED) is 0.228. The predicted molar refractivity (Wildman–Crippen MR) is 148 cm³/mol. The van der Waals surface area contributed by atoms with Gasteiger partial charge >= 0.3 is 5.82 Å². The van der Waals surface area contributed by atoms with Crippen LogP contribution in [0.3, 0.4) is 0 Å². The molecule has 41 heavy (non-hydrogen) atoms. The van der Waals surface area contributed by atoms with Gasteiger partial charge in [-0.15, -0.1) is 0 Å². The fourth-order valence-electron chi connectivity index (χ4n) is 5.65. The minimum absolute atomic E-state index is 0.0246. The van der Waals surface area contributed by atoms with E-state index in [1.165, 1.54) is 12.3 Å². The smallest absolute Gasteiger partial charge is 0.363 e. The van der Waals surface area contributed by atoms with Crippen LogP contribution >= 0.6 is 11.6 Å². The summed E-state index contributed by atoms with van der Waals surface area (Å²) in [5.41, 5.74) is 1.90. The number of anilines is 1. The Kier molecular flexibility index (Phi) is 7.26.